The van der Waals surface area contributed by atoms with Crippen molar-refractivity contribution in [3.8, 4) is 0 Å². The van der Waals surface area contributed by atoms with Crippen LogP contribution < -0.4 is 5.32 Å². The van der Waals surface area contributed by atoms with Gasteiger partial charge in [0.15, 0.2) is 0 Å². The molecular formula is C9H13ClN4O. The first kappa shape index (κ1) is 11.7. The zero-order valence-electron chi connectivity index (χ0n) is 8.70. The zero-order valence-corrected chi connectivity index (χ0v) is 9.45. The van der Waals surface area contributed by atoms with Gasteiger partial charge in [-0.3, -0.25) is 4.79 Å². The largest absolute Gasteiger partial charge is 0.361 e. The molecule has 0 aliphatic heterocycles. The van der Waals surface area contributed by atoms with Crippen LogP contribution in [0.25, 0.3) is 0 Å². The maximum absolute atomic E-state index is 11.4. The molecule has 1 rings (SSSR count). The molecule has 0 atom stereocenters. The lowest BCUT2D eigenvalue weighted by molar-refractivity contribution is -0.127. The van der Waals surface area contributed by atoms with Gasteiger partial charge in [0.1, 0.15) is 17.3 Å². The third-order valence-corrected chi connectivity index (χ3v) is 2.16. The number of carbonyl (C=O) groups is 1. The van der Waals surface area contributed by atoms with Gasteiger partial charge >= 0.3 is 0 Å². The van der Waals surface area contributed by atoms with Crippen LogP contribution in [0.5, 0.6) is 0 Å². The van der Waals surface area contributed by atoms with Crippen molar-refractivity contribution in [2.75, 3.05) is 25.5 Å². The second-order valence-electron chi connectivity index (χ2n) is 2.99. The van der Waals surface area contributed by atoms with Crippen LogP contribution in [0.4, 0.5) is 5.82 Å². The van der Waals surface area contributed by atoms with E-state index in [9.17, 15) is 4.79 Å². The molecule has 0 spiro atoms. The highest BCUT2D eigenvalue weighted by molar-refractivity contribution is 6.29. The number of halogens is 1. The van der Waals surface area contributed by atoms with Crippen LogP contribution >= 0.6 is 11.6 Å². The van der Waals surface area contributed by atoms with Crippen molar-refractivity contribution in [3.05, 3.63) is 17.5 Å². The predicted octanol–water partition coefficient (Wildman–Crippen LogP) is 1.02. The molecule has 0 fully saturated rings. The third-order valence-electron chi connectivity index (χ3n) is 1.95. The number of nitrogens with one attached hydrogen (secondary N) is 1. The molecule has 1 aromatic heterocycles. The third kappa shape index (κ3) is 3.71. The van der Waals surface area contributed by atoms with Crippen molar-refractivity contribution in [2.24, 2.45) is 0 Å². The summed E-state index contributed by atoms with van der Waals surface area (Å²) in [5, 5.41) is 3.22. The van der Waals surface area contributed by atoms with Gasteiger partial charge in [0.2, 0.25) is 5.91 Å². The highest BCUT2D eigenvalue weighted by atomic mass is 35.5. The number of nitrogens with zero attached hydrogens (tertiary/aromatic N) is 3. The topological polar surface area (TPSA) is 58.1 Å². The molecule has 0 aliphatic rings. The first-order valence-electron chi connectivity index (χ1n) is 4.59. The van der Waals surface area contributed by atoms with Gasteiger partial charge in [-0.2, -0.15) is 0 Å². The highest BCUT2D eigenvalue weighted by Gasteiger charge is 2.06. The Morgan fingerprint density at radius 1 is 1.60 bits per heavy atom. The van der Waals surface area contributed by atoms with Gasteiger partial charge in [-0.05, 0) is 6.92 Å². The number of rotatable bonds is 4. The Kier molecular flexibility index (Phi) is 4.30. The summed E-state index contributed by atoms with van der Waals surface area (Å²) >= 11 is 5.66. The average Bonchev–Trinajstić information content (AvgIpc) is 2.25. The Morgan fingerprint density at radius 2 is 2.33 bits per heavy atom. The summed E-state index contributed by atoms with van der Waals surface area (Å²) in [4.78, 5) is 20.7. The number of likely N-dealkylation sites (N-methyl/N-ethyl adjacent to an activating group) is 1. The lowest BCUT2D eigenvalue weighted by atomic mass is 10.5. The number of carbonyl (C=O) groups excluding carboxylic acids is 1. The maximum Gasteiger partial charge on any atom is 0.241 e. The molecule has 0 saturated heterocycles. The molecule has 6 heteroatoms. The zero-order chi connectivity index (χ0) is 11.3. The van der Waals surface area contributed by atoms with Gasteiger partial charge in [0, 0.05) is 19.7 Å². The Labute approximate surface area is 93.5 Å². The lowest BCUT2D eigenvalue weighted by Crippen LogP contribution is -2.32. The molecule has 0 bridgehead atoms. The van der Waals surface area contributed by atoms with Crippen LogP contribution in [0.2, 0.25) is 5.15 Å². The molecule has 5 nitrogen and oxygen atoms in total. The summed E-state index contributed by atoms with van der Waals surface area (Å²) in [6.07, 6.45) is 1.35. The van der Waals surface area contributed by atoms with E-state index in [0.717, 1.165) is 0 Å². The van der Waals surface area contributed by atoms with E-state index in [-0.39, 0.29) is 12.5 Å². The molecule has 1 N–H and O–H groups in total. The van der Waals surface area contributed by atoms with E-state index >= 15 is 0 Å². The summed E-state index contributed by atoms with van der Waals surface area (Å²) in [5.41, 5.74) is 0. The van der Waals surface area contributed by atoms with Crippen LogP contribution in [0.15, 0.2) is 12.4 Å². The van der Waals surface area contributed by atoms with Gasteiger partial charge < -0.3 is 10.2 Å². The summed E-state index contributed by atoms with van der Waals surface area (Å²) in [6, 6.07) is 1.57. The van der Waals surface area contributed by atoms with Crippen molar-refractivity contribution in [1.82, 2.24) is 14.9 Å². The van der Waals surface area contributed by atoms with Crippen molar-refractivity contribution in [3.63, 3.8) is 0 Å². The molecule has 1 aromatic rings. The van der Waals surface area contributed by atoms with E-state index in [1.165, 1.54) is 6.33 Å². The minimum atomic E-state index is 0.00670. The monoisotopic (exact) mass is 228 g/mol. The quantitative estimate of drug-likeness (QED) is 0.782. The molecule has 82 valence electrons. The molecule has 1 heterocycles. The fourth-order valence-corrected chi connectivity index (χ4v) is 1.05. The van der Waals surface area contributed by atoms with Crippen LogP contribution in [0.3, 0.4) is 0 Å². The van der Waals surface area contributed by atoms with Gasteiger partial charge in [-0.1, -0.05) is 11.6 Å². The van der Waals surface area contributed by atoms with Gasteiger partial charge in [0.05, 0.1) is 6.54 Å². The van der Waals surface area contributed by atoms with Crippen LogP contribution in [0, 0.1) is 0 Å². The SMILES string of the molecule is CCN(C)C(=O)CNc1cc(Cl)ncn1. The highest BCUT2D eigenvalue weighted by Crippen LogP contribution is 2.07. The van der Waals surface area contributed by atoms with Crippen LogP contribution in [-0.4, -0.2) is 40.9 Å². The fraction of sp³-hybridized carbons (Fsp3) is 0.444. The Hall–Kier alpha value is -1.36. The number of anilines is 1. The average molecular weight is 229 g/mol. The molecular weight excluding hydrogens is 216 g/mol. The van der Waals surface area contributed by atoms with Gasteiger partial charge in [-0.25, -0.2) is 9.97 Å². The maximum atomic E-state index is 11.4. The number of hydrogen-bond acceptors (Lipinski definition) is 4. The molecule has 1 amide bonds. The molecule has 0 aliphatic carbocycles. The van der Waals surface area contributed by atoms with Gasteiger partial charge in [0.25, 0.3) is 0 Å². The number of aromatic nitrogens is 2. The molecule has 0 unspecified atom stereocenters. The van der Waals surface area contributed by atoms with Crippen LogP contribution in [0.1, 0.15) is 6.92 Å². The van der Waals surface area contributed by atoms with E-state index in [0.29, 0.717) is 17.5 Å². The Morgan fingerprint density at radius 3 is 2.93 bits per heavy atom. The Balaban J connectivity index is 2.47. The van der Waals surface area contributed by atoms with E-state index in [2.05, 4.69) is 15.3 Å². The van der Waals surface area contributed by atoms with E-state index < -0.39 is 0 Å². The van der Waals surface area contributed by atoms with E-state index in [4.69, 9.17) is 11.6 Å². The van der Waals surface area contributed by atoms with Crippen molar-refractivity contribution in [1.29, 1.82) is 0 Å². The summed E-state index contributed by atoms with van der Waals surface area (Å²) < 4.78 is 0. The second-order valence-corrected chi connectivity index (χ2v) is 3.37. The molecule has 0 aromatic carbocycles. The smallest absolute Gasteiger partial charge is 0.241 e. The predicted molar refractivity (Wildman–Crippen MR) is 58.8 cm³/mol. The minimum Gasteiger partial charge on any atom is -0.361 e. The first-order chi connectivity index (χ1) is 7.13. The van der Waals surface area contributed by atoms with Crippen molar-refractivity contribution >= 4 is 23.3 Å². The van der Waals surface area contributed by atoms with Crippen molar-refractivity contribution < 1.29 is 4.79 Å². The van der Waals surface area contributed by atoms with E-state index in [1.54, 1.807) is 18.0 Å². The van der Waals surface area contributed by atoms with Gasteiger partial charge in [-0.15, -0.1) is 0 Å². The number of hydrogen-bond donors (Lipinski definition) is 1. The second kappa shape index (κ2) is 5.50. The molecule has 15 heavy (non-hydrogen) atoms. The summed E-state index contributed by atoms with van der Waals surface area (Å²) in [5.74, 6) is 0.556. The van der Waals surface area contributed by atoms with Crippen LogP contribution in [-0.2, 0) is 4.79 Å². The fourth-order valence-electron chi connectivity index (χ4n) is 0.908. The standard InChI is InChI=1S/C9H13ClN4O/c1-3-14(2)9(15)5-11-8-4-7(10)12-6-13-8/h4,6H,3,5H2,1-2H3,(H,11,12,13). The lowest BCUT2D eigenvalue weighted by Gasteiger charge is -2.14. The molecule has 0 radical (unpaired) electrons. The number of amides is 1. The Bertz CT molecular complexity index is 345. The summed E-state index contributed by atoms with van der Waals surface area (Å²) in [7, 11) is 1.75. The van der Waals surface area contributed by atoms with E-state index in [1.807, 2.05) is 6.92 Å². The first-order valence-corrected chi connectivity index (χ1v) is 4.96. The molecule has 0 saturated carbocycles. The normalized spacial score (nSPS) is 9.80. The summed E-state index contributed by atoms with van der Waals surface area (Å²) in [6.45, 7) is 2.81. The minimum absolute atomic E-state index is 0.00670. The van der Waals surface area contributed by atoms with Crippen molar-refractivity contribution in [2.45, 2.75) is 6.92 Å².